The van der Waals surface area contributed by atoms with Crippen LogP contribution in [0.2, 0.25) is 0 Å². The first kappa shape index (κ1) is 12.4. The van der Waals surface area contributed by atoms with Crippen LogP contribution in [0, 0.1) is 23.2 Å². The number of piperidine rings is 1. The van der Waals surface area contributed by atoms with Gasteiger partial charge in [-0.15, -0.1) is 0 Å². The van der Waals surface area contributed by atoms with E-state index >= 15 is 0 Å². The fourth-order valence-electron chi connectivity index (χ4n) is 3.15. The molecule has 0 aromatic rings. The lowest BCUT2D eigenvalue weighted by Crippen LogP contribution is -2.40. The minimum Gasteiger partial charge on any atom is -0.481 e. The van der Waals surface area contributed by atoms with Crippen LogP contribution in [0.15, 0.2) is 0 Å². The Morgan fingerprint density at radius 2 is 1.94 bits per heavy atom. The van der Waals surface area contributed by atoms with E-state index < -0.39 is 11.9 Å². The first-order chi connectivity index (χ1) is 7.85. The van der Waals surface area contributed by atoms with Crippen molar-refractivity contribution in [2.75, 3.05) is 13.1 Å². The van der Waals surface area contributed by atoms with E-state index in [0.717, 1.165) is 19.5 Å². The van der Waals surface area contributed by atoms with Crippen LogP contribution in [-0.4, -0.2) is 35.0 Å². The summed E-state index contributed by atoms with van der Waals surface area (Å²) in [6.45, 7) is 7.48. The number of nitrogens with zero attached hydrogens (tertiary/aromatic N) is 1. The van der Waals surface area contributed by atoms with E-state index in [-0.39, 0.29) is 17.2 Å². The number of rotatable bonds is 2. The number of carboxylic acids is 1. The fraction of sp³-hybridized carbons (Fsp3) is 0.846. The predicted molar refractivity (Wildman–Crippen MR) is 63.4 cm³/mol. The Balaban J connectivity index is 2.04. The molecule has 1 aliphatic carbocycles. The van der Waals surface area contributed by atoms with Gasteiger partial charge in [-0.1, -0.05) is 20.8 Å². The Labute approximate surface area is 102 Å². The molecule has 0 aromatic heterocycles. The maximum atomic E-state index is 12.3. The number of amides is 1. The second-order valence-corrected chi connectivity index (χ2v) is 6.15. The number of carbonyl (C=O) groups is 2. The molecule has 1 amide bonds. The lowest BCUT2D eigenvalue weighted by molar-refractivity contribution is -0.142. The topological polar surface area (TPSA) is 57.6 Å². The zero-order valence-electron chi connectivity index (χ0n) is 10.8. The van der Waals surface area contributed by atoms with Crippen LogP contribution < -0.4 is 0 Å². The molecule has 1 N–H and O–H groups in total. The van der Waals surface area contributed by atoms with Crippen LogP contribution >= 0.6 is 0 Å². The van der Waals surface area contributed by atoms with Gasteiger partial charge in [0.1, 0.15) is 0 Å². The quantitative estimate of drug-likeness (QED) is 0.796. The van der Waals surface area contributed by atoms with Gasteiger partial charge in [0.05, 0.1) is 11.8 Å². The number of hydrogen-bond acceptors (Lipinski definition) is 2. The van der Waals surface area contributed by atoms with Gasteiger partial charge in [0.15, 0.2) is 0 Å². The van der Waals surface area contributed by atoms with Crippen molar-refractivity contribution >= 4 is 11.9 Å². The molecule has 1 heterocycles. The normalized spacial score (nSPS) is 35.5. The molecule has 0 radical (unpaired) electrons. The molecule has 96 valence electrons. The summed E-state index contributed by atoms with van der Waals surface area (Å²) in [5, 5.41) is 9.09. The van der Waals surface area contributed by atoms with Crippen molar-refractivity contribution in [3.8, 4) is 0 Å². The monoisotopic (exact) mass is 239 g/mol. The highest BCUT2D eigenvalue weighted by Crippen LogP contribution is 2.59. The summed E-state index contributed by atoms with van der Waals surface area (Å²) in [6.07, 6.45) is 2.21. The Morgan fingerprint density at radius 1 is 1.29 bits per heavy atom. The zero-order chi connectivity index (χ0) is 12.8. The number of likely N-dealkylation sites (tertiary alicyclic amines) is 1. The fourth-order valence-corrected chi connectivity index (χ4v) is 3.15. The summed E-state index contributed by atoms with van der Waals surface area (Å²) in [4.78, 5) is 25.2. The molecule has 4 heteroatoms. The van der Waals surface area contributed by atoms with Crippen molar-refractivity contribution < 1.29 is 14.7 Å². The van der Waals surface area contributed by atoms with Crippen LogP contribution in [0.25, 0.3) is 0 Å². The Morgan fingerprint density at radius 3 is 2.41 bits per heavy atom. The molecule has 2 aliphatic rings. The second-order valence-electron chi connectivity index (χ2n) is 6.15. The molecule has 4 nitrogen and oxygen atoms in total. The predicted octanol–water partition coefficient (Wildman–Crippen LogP) is 1.60. The van der Waals surface area contributed by atoms with Crippen LogP contribution in [0.3, 0.4) is 0 Å². The van der Waals surface area contributed by atoms with Gasteiger partial charge in [0, 0.05) is 13.1 Å². The van der Waals surface area contributed by atoms with Crippen molar-refractivity contribution in [1.29, 1.82) is 0 Å². The van der Waals surface area contributed by atoms with Crippen molar-refractivity contribution in [1.82, 2.24) is 4.90 Å². The number of aliphatic carboxylic acids is 1. The summed E-state index contributed by atoms with van der Waals surface area (Å²) < 4.78 is 0. The molecule has 3 atom stereocenters. The van der Waals surface area contributed by atoms with E-state index in [1.807, 2.05) is 18.7 Å². The van der Waals surface area contributed by atoms with E-state index in [4.69, 9.17) is 5.11 Å². The number of carboxylic acid groups (broad SMARTS) is 1. The standard InChI is InChI=1S/C13H21NO3/c1-8-5-4-6-14(7-8)11(15)9-10(12(16)17)13(9,2)3/h8-10H,4-7H2,1-3H3,(H,16,17)/t8-,9-,10-/m1/s1. The zero-order valence-corrected chi connectivity index (χ0v) is 10.8. The Bertz CT molecular complexity index is 351. The molecular weight excluding hydrogens is 218 g/mol. The molecule has 0 unspecified atom stereocenters. The lowest BCUT2D eigenvalue weighted by atomic mass is 9.99. The van der Waals surface area contributed by atoms with Crippen LogP contribution in [0.4, 0.5) is 0 Å². The first-order valence-corrected chi connectivity index (χ1v) is 6.37. The van der Waals surface area contributed by atoms with Gasteiger partial charge < -0.3 is 10.0 Å². The number of hydrogen-bond donors (Lipinski definition) is 1. The maximum absolute atomic E-state index is 12.3. The highest BCUT2D eigenvalue weighted by Gasteiger charge is 2.66. The summed E-state index contributed by atoms with van der Waals surface area (Å²) >= 11 is 0. The van der Waals surface area contributed by atoms with E-state index in [1.54, 1.807) is 0 Å². The molecular formula is C13H21NO3. The van der Waals surface area contributed by atoms with E-state index in [0.29, 0.717) is 5.92 Å². The van der Waals surface area contributed by atoms with Crippen LogP contribution in [0.1, 0.15) is 33.6 Å². The third kappa shape index (κ3) is 2.05. The average Bonchev–Trinajstić information content (AvgIpc) is 2.80. The van der Waals surface area contributed by atoms with Crippen molar-refractivity contribution in [2.45, 2.75) is 33.6 Å². The lowest BCUT2D eigenvalue weighted by Gasteiger charge is -2.31. The molecule has 0 spiro atoms. The third-order valence-electron chi connectivity index (χ3n) is 4.33. The van der Waals surface area contributed by atoms with Gasteiger partial charge in [-0.25, -0.2) is 0 Å². The minimum absolute atomic E-state index is 0.0500. The van der Waals surface area contributed by atoms with Gasteiger partial charge >= 0.3 is 5.97 Å². The second kappa shape index (κ2) is 4.00. The van der Waals surface area contributed by atoms with Gasteiger partial charge in [0.25, 0.3) is 0 Å². The summed E-state index contributed by atoms with van der Waals surface area (Å²) in [7, 11) is 0. The highest BCUT2D eigenvalue weighted by atomic mass is 16.4. The smallest absolute Gasteiger partial charge is 0.307 e. The molecule has 1 saturated heterocycles. The Hall–Kier alpha value is -1.06. The molecule has 0 aromatic carbocycles. The SMILES string of the molecule is C[C@@H]1CCCN(C(=O)[C@H]2[C@H](C(=O)O)C2(C)C)C1. The molecule has 2 rings (SSSR count). The van der Waals surface area contributed by atoms with E-state index in [9.17, 15) is 9.59 Å². The molecule has 17 heavy (non-hydrogen) atoms. The minimum atomic E-state index is -0.835. The maximum Gasteiger partial charge on any atom is 0.307 e. The summed E-state index contributed by atoms with van der Waals surface area (Å²) in [5.41, 5.74) is -0.371. The molecule has 1 saturated carbocycles. The highest BCUT2D eigenvalue weighted by molar-refractivity contribution is 5.91. The van der Waals surface area contributed by atoms with Gasteiger partial charge in [-0.3, -0.25) is 9.59 Å². The van der Waals surface area contributed by atoms with Gasteiger partial charge in [-0.05, 0) is 24.2 Å². The third-order valence-corrected chi connectivity index (χ3v) is 4.33. The Kier molecular flexibility index (Phi) is 2.92. The molecule has 0 bridgehead atoms. The van der Waals surface area contributed by atoms with Crippen molar-refractivity contribution in [3.63, 3.8) is 0 Å². The summed E-state index contributed by atoms with van der Waals surface area (Å²) in [6, 6.07) is 0. The number of carbonyl (C=O) groups excluding carboxylic acids is 1. The average molecular weight is 239 g/mol. The first-order valence-electron chi connectivity index (χ1n) is 6.37. The van der Waals surface area contributed by atoms with E-state index in [1.165, 1.54) is 6.42 Å². The summed E-state index contributed by atoms with van der Waals surface area (Å²) in [5.74, 6) is -1.05. The van der Waals surface area contributed by atoms with Crippen LogP contribution in [0.5, 0.6) is 0 Å². The van der Waals surface area contributed by atoms with Gasteiger partial charge in [-0.2, -0.15) is 0 Å². The molecule has 1 aliphatic heterocycles. The van der Waals surface area contributed by atoms with Crippen molar-refractivity contribution in [3.05, 3.63) is 0 Å². The van der Waals surface area contributed by atoms with E-state index in [2.05, 4.69) is 6.92 Å². The van der Waals surface area contributed by atoms with Crippen LogP contribution in [-0.2, 0) is 9.59 Å². The molecule has 2 fully saturated rings. The van der Waals surface area contributed by atoms with Gasteiger partial charge in [0.2, 0.25) is 5.91 Å². The van der Waals surface area contributed by atoms with Crippen molar-refractivity contribution in [2.24, 2.45) is 23.2 Å². The largest absolute Gasteiger partial charge is 0.481 e.